The van der Waals surface area contributed by atoms with Gasteiger partial charge in [-0.05, 0) is 85.4 Å². The van der Waals surface area contributed by atoms with Gasteiger partial charge in [-0.15, -0.1) is 0 Å². The molecule has 6 rings (SSSR count). The summed E-state index contributed by atoms with van der Waals surface area (Å²) >= 11 is 0. The summed E-state index contributed by atoms with van der Waals surface area (Å²) < 4.78 is 14.2. The highest BCUT2D eigenvalue weighted by Crippen LogP contribution is 2.59. The first-order chi connectivity index (χ1) is 18.7. The monoisotopic (exact) mass is 541 g/mol. The molecule has 0 saturated heterocycles. The van der Waals surface area contributed by atoms with Crippen LogP contribution in [0.3, 0.4) is 0 Å². The number of benzene rings is 2. The number of nitrogens with zero attached hydrogens (tertiary/aromatic N) is 1. The highest BCUT2D eigenvalue weighted by atomic mass is 16.7. The fourth-order valence-corrected chi connectivity index (χ4v) is 7.44. The number of fused-ring (bicyclic) bond motifs is 4. The van der Waals surface area contributed by atoms with Gasteiger partial charge in [0.05, 0.1) is 11.5 Å². The third kappa shape index (κ3) is 4.73. The summed E-state index contributed by atoms with van der Waals surface area (Å²) in [5.41, 5.74) is 10.7. The molecular formula is C37H51NO2. The number of allylic oxidation sites excluding steroid dienone is 2. The Labute approximate surface area is 243 Å². The Balaban J connectivity index is 1.73. The molecule has 1 aliphatic carbocycles. The molecule has 4 aliphatic rings. The van der Waals surface area contributed by atoms with E-state index in [-0.39, 0.29) is 34.7 Å². The zero-order chi connectivity index (χ0) is 29.2. The molecular weight excluding hydrogens is 490 g/mol. The second-order valence-corrected chi connectivity index (χ2v) is 14.7. The first-order valence-electron chi connectivity index (χ1n) is 15.4. The lowest BCUT2D eigenvalue weighted by Crippen LogP contribution is -2.62. The topological polar surface area (TPSA) is 21.7 Å². The van der Waals surface area contributed by atoms with Gasteiger partial charge in [0.25, 0.3) is 0 Å². The Hall–Kier alpha value is -2.52. The van der Waals surface area contributed by atoms with Crippen LogP contribution in [-0.2, 0) is 15.9 Å². The number of hydrogen-bond donors (Lipinski definition) is 0. The van der Waals surface area contributed by atoms with Crippen molar-refractivity contribution in [2.45, 2.75) is 113 Å². The van der Waals surface area contributed by atoms with Gasteiger partial charge in [0.15, 0.2) is 0 Å². The van der Waals surface area contributed by atoms with Crippen LogP contribution in [0.15, 0.2) is 59.4 Å². The van der Waals surface area contributed by atoms with Gasteiger partial charge in [0.1, 0.15) is 5.76 Å². The minimum Gasteiger partial charge on any atom is -0.468 e. The first kappa shape index (κ1) is 29.0. The van der Waals surface area contributed by atoms with Crippen molar-refractivity contribution in [3.8, 4) is 11.1 Å². The number of ether oxygens (including phenoxy) is 2. The fourth-order valence-electron chi connectivity index (χ4n) is 7.44. The fraction of sp³-hybridized carbons (Fsp3) is 0.568. The third-order valence-corrected chi connectivity index (χ3v) is 9.72. The van der Waals surface area contributed by atoms with E-state index in [1.165, 1.54) is 33.5 Å². The van der Waals surface area contributed by atoms with Crippen molar-refractivity contribution in [1.29, 1.82) is 0 Å². The standard InChI is InChI=1S/C37H51NO2/c1-12-25-22-37(29(25)13-2,34-39-32(35(5,6)7)21-33(40-34)36(8,9)10)31-20-27-18-23(3)14-16-28(27)26-15-17-30(38(31)11)24(4)19-26/h14-19,21,31-32,34H,12-13,20,22H2,1-11H3/t31-,32?,34+,37+/m0/s1. The smallest absolute Gasteiger partial charge is 0.211 e. The molecule has 0 saturated carbocycles. The molecule has 3 nitrogen and oxygen atoms in total. The molecule has 40 heavy (non-hydrogen) atoms. The molecule has 216 valence electrons. The molecule has 3 heteroatoms. The van der Waals surface area contributed by atoms with Crippen molar-refractivity contribution in [1.82, 2.24) is 0 Å². The number of anilines is 1. The van der Waals surface area contributed by atoms with Gasteiger partial charge < -0.3 is 14.4 Å². The molecule has 3 heterocycles. The minimum absolute atomic E-state index is 0.0158. The Bertz CT molecular complexity index is 1350. The van der Waals surface area contributed by atoms with Gasteiger partial charge in [-0.2, -0.15) is 0 Å². The van der Waals surface area contributed by atoms with Gasteiger partial charge in [-0.1, -0.05) is 96.4 Å². The SMILES string of the molecule is CCC1=C(CC)[C@@]([C@H]2OC(C(C)(C)C)=CC(C(C)(C)C)O2)([C@@H]2Cc3cc(C)ccc3-c3ccc(c(C)c3)N2C)C1. The summed E-state index contributed by atoms with van der Waals surface area (Å²) in [4.78, 5) is 2.56. The average Bonchev–Trinajstić information content (AvgIpc) is 2.93. The van der Waals surface area contributed by atoms with Gasteiger partial charge in [-0.25, -0.2) is 0 Å². The summed E-state index contributed by atoms with van der Waals surface area (Å²) in [5, 5.41) is 0. The van der Waals surface area contributed by atoms with Crippen LogP contribution in [0.1, 0.15) is 91.3 Å². The van der Waals surface area contributed by atoms with Gasteiger partial charge in [0, 0.05) is 24.2 Å². The highest BCUT2D eigenvalue weighted by molar-refractivity contribution is 5.73. The molecule has 0 N–H and O–H groups in total. The van der Waals surface area contributed by atoms with Crippen molar-refractivity contribution in [2.24, 2.45) is 16.2 Å². The largest absolute Gasteiger partial charge is 0.468 e. The Morgan fingerprint density at radius 3 is 2.27 bits per heavy atom. The molecule has 2 aromatic carbocycles. The first-order valence-corrected chi connectivity index (χ1v) is 15.4. The van der Waals surface area contributed by atoms with Crippen LogP contribution >= 0.6 is 0 Å². The third-order valence-electron chi connectivity index (χ3n) is 9.72. The zero-order valence-corrected chi connectivity index (χ0v) is 26.9. The summed E-state index contributed by atoms with van der Waals surface area (Å²) in [7, 11) is 2.30. The van der Waals surface area contributed by atoms with E-state index in [2.05, 4.69) is 124 Å². The molecule has 0 radical (unpaired) electrons. The quantitative estimate of drug-likeness (QED) is 0.360. The van der Waals surface area contributed by atoms with Crippen LogP contribution in [-0.4, -0.2) is 25.5 Å². The summed E-state index contributed by atoms with van der Waals surface area (Å²) in [6, 6.07) is 14.2. The Morgan fingerprint density at radius 2 is 1.68 bits per heavy atom. The summed E-state index contributed by atoms with van der Waals surface area (Å²) in [6.45, 7) is 22.8. The van der Waals surface area contributed by atoms with Gasteiger partial charge in [-0.3, -0.25) is 0 Å². The molecule has 0 amide bonds. The summed E-state index contributed by atoms with van der Waals surface area (Å²) in [6.07, 6.45) is 5.96. The predicted molar refractivity (Wildman–Crippen MR) is 169 cm³/mol. The van der Waals surface area contributed by atoms with Crippen LogP contribution in [0.2, 0.25) is 0 Å². The van der Waals surface area contributed by atoms with E-state index in [0.29, 0.717) is 0 Å². The second-order valence-electron chi connectivity index (χ2n) is 14.7. The molecule has 0 spiro atoms. The van der Waals surface area contributed by atoms with E-state index in [0.717, 1.165) is 31.4 Å². The van der Waals surface area contributed by atoms with Crippen LogP contribution in [0.4, 0.5) is 5.69 Å². The van der Waals surface area contributed by atoms with Crippen LogP contribution in [0.25, 0.3) is 11.1 Å². The van der Waals surface area contributed by atoms with Crippen LogP contribution < -0.4 is 4.90 Å². The van der Waals surface area contributed by atoms with Crippen molar-refractivity contribution in [3.05, 3.63) is 76.1 Å². The molecule has 4 atom stereocenters. The van der Waals surface area contributed by atoms with E-state index in [9.17, 15) is 0 Å². The molecule has 1 unspecified atom stereocenters. The normalized spacial score (nSPS) is 26.8. The Kier molecular flexibility index (Phi) is 7.31. The maximum Gasteiger partial charge on any atom is 0.211 e. The molecule has 2 aromatic rings. The van der Waals surface area contributed by atoms with Crippen LogP contribution in [0.5, 0.6) is 0 Å². The number of likely N-dealkylation sites (N-methyl/N-ethyl adjacent to an activating group) is 1. The zero-order valence-electron chi connectivity index (χ0n) is 26.9. The van der Waals surface area contributed by atoms with E-state index in [1.54, 1.807) is 11.1 Å². The van der Waals surface area contributed by atoms with Crippen molar-refractivity contribution >= 4 is 5.69 Å². The van der Waals surface area contributed by atoms with Crippen LogP contribution in [0, 0.1) is 30.1 Å². The molecule has 3 aliphatic heterocycles. The van der Waals surface area contributed by atoms with Crippen molar-refractivity contribution < 1.29 is 9.47 Å². The minimum atomic E-state index is -0.346. The van der Waals surface area contributed by atoms with E-state index < -0.39 is 0 Å². The molecule has 2 bridgehead atoms. The highest BCUT2D eigenvalue weighted by Gasteiger charge is 2.59. The van der Waals surface area contributed by atoms with Crippen molar-refractivity contribution in [2.75, 3.05) is 11.9 Å². The maximum atomic E-state index is 7.12. The number of aryl methyl sites for hydroxylation is 2. The van der Waals surface area contributed by atoms with E-state index in [4.69, 9.17) is 9.47 Å². The van der Waals surface area contributed by atoms with Gasteiger partial charge in [0.2, 0.25) is 6.29 Å². The summed E-state index contributed by atoms with van der Waals surface area (Å²) in [5.74, 6) is 1.06. The second kappa shape index (κ2) is 10.1. The lowest BCUT2D eigenvalue weighted by molar-refractivity contribution is -0.241. The molecule has 0 aromatic heterocycles. The maximum absolute atomic E-state index is 7.12. The lowest BCUT2D eigenvalue weighted by Gasteiger charge is -2.58. The number of hydrogen-bond acceptors (Lipinski definition) is 3. The van der Waals surface area contributed by atoms with Gasteiger partial charge >= 0.3 is 0 Å². The van der Waals surface area contributed by atoms with E-state index in [1.807, 2.05) is 0 Å². The molecule has 0 fully saturated rings. The van der Waals surface area contributed by atoms with E-state index >= 15 is 0 Å². The van der Waals surface area contributed by atoms with Crippen molar-refractivity contribution in [3.63, 3.8) is 0 Å². The number of rotatable bonds is 4. The predicted octanol–water partition coefficient (Wildman–Crippen LogP) is 9.56. The lowest BCUT2D eigenvalue weighted by atomic mass is 9.56. The Morgan fingerprint density at radius 1 is 0.950 bits per heavy atom. The average molecular weight is 542 g/mol.